The first-order valence-electron chi connectivity index (χ1n) is 9.35. The van der Waals surface area contributed by atoms with E-state index in [-0.39, 0.29) is 5.91 Å². The number of ether oxygens (including phenoxy) is 1. The number of hydrogen-bond acceptors (Lipinski definition) is 3. The molecule has 0 spiro atoms. The summed E-state index contributed by atoms with van der Waals surface area (Å²) in [5.41, 5.74) is 3.26. The average molecular weight is 352 g/mol. The molecule has 1 fully saturated rings. The molecule has 1 heterocycles. The highest BCUT2D eigenvalue weighted by molar-refractivity contribution is 5.93. The van der Waals surface area contributed by atoms with Crippen LogP contribution in [0.15, 0.2) is 48.5 Å². The quantitative estimate of drug-likeness (QED) is 0.857. The van der Waals surface area contributed by atoms with Gasteiger partial charge >= 0.3 is 0 Å². The van der Waals surface area contributed by atoms with Crippen LogP contribution in [0, 0.1) is 12.8 Å². The number of likely N-dealkylation sites (tertiary alicyclic amines) is 1. The van der Waals surface area contributed by atoms with E-state index in [4.69, 9.17) is 4.74 Å². The van der Waals surface area contributed by atoms with Gasteiger partial charge in [0.25, 0.3) is 0 Å². The lowest BCUT2D eigenvalue weighted by molar-refractivity contribution is -0.117. The number of methoxy groups -OCH3 is 1. The van der Waals surface area contributed by atoms with E-state index in [0.29, 0.717) is 18.2 Å². The van der Waals surface area contributed by atoms with E-state index in [1.54, 1.807) is 7.11 Å². The lowest BCUT2D eigenvalue weighted by Gasteiger charge is -2.31. The molecule has 4 heteroatoms. The molecule has 2 aromatic carbocycles. The Morgan fingerprint density at radius 3 is 2.58 bits per heavy atom. The molecule has 1 aliphatic rings. The summed E-state index contributed by atoms with van der Waals surface area (Å²) in [4.78, 5) is 14.7. The summed E-state index contributed by atoms with van der Waals surface area (Å²) < 4.78 is 5.33. The highest BCUT2D eigenvalue weighted by atomic mass is 16.5. The number of carbonyl (C=O) groups is 1. The standard InChI is InChI=1S/C22H28N2O2/c1-17-8-9-21(26-2)20(14-17)23-22(25)16-24-12-10-19(11-13-24)15-18-6-4-3-5-7-18/h3-9,14,19H,10-13,15-16H2,1-2H3,(H,23,25). The van der Waals surface area contributed by atoms with Crippen LogP contribution >= 0.6 is 0 Å². The van der Waals surface area contributed by atoms with Crippen molar-refractivity contribution in [2.24, 2.45) is 5.92 Å². The van der Waals surface area contributed by atoms with Crippen molar-refractivity contribution in [1.82, 2.24) is 4.90 Å². The smallest absolute Gasteiger partial charge is 0.238 e. The van der Waals surface area contributed by atoms with E-state index in [9.17, 15) is 4.79 Å². The Labute approximate surface area is 156 Å². The summed E-state index contributed by atoms with van der Waals surface area (Å²) in [6, 6.07) is 16.5. The number of nitrogens with zero attached hydrogens (tertiary/aromatic N) is 1. The van der Waals surface area contributed by atoms with Crippen LogP contribution in [0.1, 0.15) is 24.0 Å². The molecule has 0 bridgehead atoms. The number of amides is 1. The van der Waals surface area contributed by atoms with E-state index in [2.05, 4.69) is 40.5 Å². The molecule has 0 unspecified atom stereocenters. The summed E-state index contributed by atoms with van der Waals surface area (Å²) in [6.07, 6.45) is 3.44. The molecule has 0 saturated carbocycles. The van der Waals surface area contributed by atoms with Crippen LogP contribution in [-0.2, 0) is 11.2 Å². The lowest BCUT2D eigenvalue weighted by atomic mass is 9.90. The molecule has 1 amide bonds. The Bertz CT molecular complexity index is 722. The molecular formula is C22H28N2O2. The van der Waals surface area contributed by atoms with Gasteiger partial charge in [0.1, 0.15) is 5.75 Å². The van der Waals surface area contributed by atoms with Gasteiger partial charge in [-0.25, -0.2) is 0 Å². The Hall–Kier alpha value is -2.33. The number of aryl methyl sites for hydroxylation is 1. The van der Waals surface area contributed by atoms with Crippen molar-refractivity contribution >= 4 is 11.6 Å². The van der Waals surface area contributed by atoms with Crippen LogP contribution in [0.25, 0.3) is 0 Å². The van der Waals surface area contributed by atoms with E-state index in [1.165, 1.54) is 5.56 Å². The number of anilines is 1. The molecule has 1 N–H and O–H groups in total. The van der Waals surface area contributed by atoms with Gasteiger partial charge in [-0.05, 0) is 68.5 Å². The van der Waals surface area contributed by atoms with Crippen molar-refractivity contribution in [3.63, 3.8) is 0 Å². The minimum atomic E-state index is 0.0235. The van der Waals surface area contributed by atoms with Crippen LogP contribution in [0.4, 0.5) is 5.69 Å². The SMILES string of the molecule is COc1ccc(C)cc1NC(=O)CN1CCC(Cc2ccccc2)CC1. The number of piperidine rings is 1. The Balaban J connectivity index is 1.47. The summed E-state index contributed by atoms with van der Waals surface area (Å²) in [6.45, 7) is 4.41. The van der Waals surface area contributed by atoms with Gasteiger partial charge < -0.3 is 10.1 Å². The molecule has 1 saturated heterocycles. The van der Waals surface area contributed by atoms with Gasteiger partial charge in [-0.1, -0.05) is 36.4 Å². The number of rotatable bonds is 6. The van der Waals surface area contributed by atoms with Crippen LogP contribution in [-0.4, -0.2) is 37.6 Å². The molecule has 26 heavy (non-hydrogen) atoms. The van der Waals surface area contributed by atoms with Gasteiger partial charge in [0, 0.05) is 0 Å². The summed E-state index contributed by atoms with van der Waals surface area (Å²) in [7, 11) is 1.62. The predicted molar refractivity (Wildman–Crippen MR) is 106 cm³/mol. The molecule has 0 atom stereocenters. The van der Waals surface area contributed by atoms with Crippen LogP contribution in [0.3, 0.4) is 0 Å². The van der Waals surface area contributed by atoms with Gasteiger partial charge in [-0.15, -0.1) is 0 Å². The predicted octanol–water partition coefficient (Wildman–Crippen LogP) is 3.90. The van der Waals surface area contributed by atoms with Crippen LogP contribution in [0.2, 0.25) is 0 Å². The van der Waals surface area contributed by atoms with Gasteiger partial charge in [-0.2, -0.15) is 0 Å². The maximum absolute atomic E-state index is 12.4. The second kappa shape index (κ2) is 8.86. The third-order valence-corrected chi connectivity index (χ3v) is 5.07. The molecule has 1 aliphatic heterocycles. The van der Waals surface area contributed by atoms with Crippen LogP contribution < -0.4 is 10.1 Å². The Morgan fingerprint density at radius 1 is 1.15 bits per heavy atom. The minimum Gasteiger partial charge on any atom is -0.495 e. The van der Waals surface area contributed by atoms with E-state index in [0.717, 1.165) is 43.6 Å². The van der Waals surface area contributed by atoms with Gasteiger partial charge in [0.15, 0.2) is 0 Å². The Kier molecular flexibility index (Phi) is 6.29. The van der Waals surface area contributed by atoms with E-state index >= 15 is 0 Å². The summed E-state index contributed by atoms with van der Waals surface area (Å²) in [5, 5.41) is 3.00. The zero-order valence-electron chi connectivity index (χ0n) is 15.7. The molecule has 138 valence electrons. The van der Waals surface area contributed by atoms with Crippen molar-refractivity contribution in [1.29, 1.82) is 0 Å². The third kappa shape index (κ3) is 5.09. The summed E-state index contributed by atoms with van der Waals surface area (Å²) in [5.74, 6) is 1.44. The second-order valence-corrected chi connectivity index (χ2v) is 7.16. The van der Waals surface area contributed by atoms with Crippen molar-refractivity contribution in [3.8, 4) is 5.75 Å². The molecule has 0 radical (unpaired) electrons. The fourth-order valence-corrected chi connectivity index (χ4v) is 3.61. The minimum absolute atomic E-state index is 0.0235. The first-order valence-corrected chi connectivity index (χ1v) is 9.35. The normalized spacial score (nSPS) is 15.6. The molecule has 0 aromatic heterocycles. The Morgan fingerprint density at radius 2 is 1.88 bits per heavy atom. The van der Waals surface area contributed by atoms with Gasteiger partial charge in [0.2, 0.25) is 5.91 Å². The number of nitrogens with one attached hydrogen (secondary N) is 1. The molecular weight excluding hydrogens is 324 g/mol. The highest BCUT2D eigenvalue weighted by Gasteiger charge is 2.21. The monoisotopic (exact) mass is 352 g/mol. The number of benzene rings is 2. The third-order valence-electron chi connectivity index (χ3n) is 5.07. The second-order valence-electron chi connectivity index (χ2n) is 7.16. The van der Waals surface area contributed by atoms with E-state index in [1.807, 2.05) is 25.1 Å². The maximum atomic E-state index is 12.4. The topological polar surface area (TPSA) is 41.6 Å². The zero-order chi connectivity index (χ0) is 18.4. The van der Waals surface area contributed by atoms with Gasteiger partial charge in [-0.3, -0.25) is 9.69 Å². The number of hydrogen-bond donors (Lipinski definition) is 1. The lowest BCUT2D eigenvalue weighted by Crippen LogP contribution is -2.39. The zero-order valence-corrected chi connectivity index (χ0v) is 15.7. The molecule has 0 aliphatic carbocycles. The van der Waals surface area contributed by atoms with Crippen molar-refractivity contribution in [2.75, 3.05) is 32.1 Å². The molecule has 4 nitrogen and oxygen atoms in total. The molecule has 3 rings (SSSR count). The maximum Gasteiger partial charge on any atom is 0.238 e. The fourth-order valence-electron chi connectivity index (χ4n) is 3.61. The number of carbonyl (C=O) groups excluding carboxylic acids is 1. The first kappa shape index (κ1) is 18.5. The van der Waals surface area contributed by atoms with E-state index < -0.39 is 0 Å². The van der Waals surface area contributed by atoms with Crippen molar-refractivity contribution in [2.45, 2.75) is 26.2 Å². The fraction of sp³-hybridized carbons (Fsp3) is 0.409. The van der Waals surface area contributed by atoms with Gasteiger partial charge in [0.05, 0.1) is 19.3 Å². The van der Waals surface area contributed by atoms with Crippen LogP contribution in [0.5, 0.6) is 5.75 Å². The highest BCUT2D eigenvalue weighted by Crippen LogP contribution is 2.25. The summed E-state index contributed by atoms with van der Waals surface area (Å²) >= 11 is 0. The average Bonchev–Trinajstić information content (AvgIpc) is 2.64. The molecule has 2 aromatic rings. The first-order chi connectivity index (χ1) is 12.6. The van der Waals surface area contributed by atoms with Crippen molar-refractivity contribution in [3.05, 3.63) is 59.7 Å². The largest absolute Gasteiger partial charge is 0.495 e. The van der Waals surface area contributed by atoms with Crippen molar-refractivity contribution < 1.29 is 9.53 Å².